The van der Waals surface area contributed by atoms with Crippen LogP contribution in [0.4, 0.5) is 23.4 Å². The minimum atomic E-state index is -4.94. The first kappa shape index (κ1) is 25.1. The number of nitrogens with one attached hydrogen (secondary N) is 1. The molecule has 0 radical (unpaired) electrons. The van der Waals surface area contributed by atoms with Crippen LogP contribution in [0.15, 0.2) is 41.3 Å². The van der Waals surface area contributed by atoms with E-state index in [1.807, 2.05) is 0 Å². The molecule has 0 aliphatic carbocycles. The van der Waals surface area contributed by atoms with Crippen molar-refractivity contribution in [2.45, 2.75) is 26.4 Å². The van der Waals surface area contributed by atoms with Crippen molar-refractivity contribution in [3.8, 4) is 23.0 Å². The van der Waals surface area contributed by atoms with E-state index in [2.05, 4.69) is 14.7 Å². The standard InChI is InChI=1S/C21H20F4N4O4S/c1-4-8-34(31,32)28-17-10-16(13-9-12(2)19(30)29(3)11-13)26-20(27-17)33-18-14(21(23,24)25)6-5-7-15(18)22/h5-7,9-11H,4,8H2,1-3H3,(H,26,27,28). The number of alkyl halides is 3. The second kappa shape index (κ2) is 9.41. The highest BCUT2D eigenvalue weighted by molar-refractivity contribution is 7.92. The van der Waals surface area contributed by atoms with Gasteiger partial charge in [-0.15, -0.1) is 0 Å². The number of nitrogens with zero attached hydrogens (tertiary/aromatic N) is 3. The highest BCUT2D eigenvalue weighted by Crippen LogP contribution is 2.39. The number of ether oxygens (including phenoxy) is 1. The van der Waals surface area contributed by atoms with Gasteiger partial charge in [0.1, 0.15) is 11.4 Å². The monoisotopic (exact) mass is 500 g/mol. The van der Waals surface area contributed by atoms with E-state index in [4.69, 9.17) is 4.74 Å². The van der Waals surface area contributed by atoms with Crippen LogP contribution in [0.1, 0.15) is 24.5 Å². The molecule has 0 saturated heterocycles. The van der Waals surface area contributed by atoms with E-state index in [1.165, 1.54) is 29.9 Å². The fourth-order valence-corrected chi connectivity index (χ4v) is 4.16. The van der Waals surface area contributed by atoms with Gasteiger partial charge in [-0.1, -0.05) is 13.0 Å². The summed E-state index contributed by atoms with van der Waals surface area (Å²) in [5.74, 6) is -3.02. The molecule has 182 valence electrons. The maximum absolute atomic E-state index is 14.3. The van der Waals surface area contributed by atoms with Crippen LogP contribution < -0.4 is 15.0 Å². The van der Waals surface area contributed by atoms with E-state index in [-0.39, 0.29) is 22.8 Å². The number of hydrogen-bond acceptors (Lipinski definition) is 6. The molecule has 0 aliphatic rings. The lowest BCUT2D eigenvalue weighted by Crippen LogP contribution is -2.19. The number of anilines is 1. The second-order valence-corrected chi connectivity index (χ2v) is 9.23. The van der Waals surface area contributed by atoms with Gasteiger partial charge in [-0.3, -0.25) is 9.52 Å². The van der Waals surface area contributed by atoms with Crippen molar-refractivity contribution in [2.24, 2.45) is 7.05 Å². The summed E-state index contributed by atoms with van der Waals surface area (Å²) >= 11 is 0. The summed E-state index contributed by atoms with van der Waals surface area (Å²) in [6, 6.07) is 4.24. The molecule has 3 aromatic rings. The fourth-order valence-electron chi connectivity index (χ4n) is 3.09. The lowest BCUT2D eigenvalue weighted by atomic mass is 10.1. The molecule has 13 heteroatoms. The van der Waals surface area contributed by atoms with Crippen LogP contribution in [0, 0.1) is 12.7 Å². The average molecular weight is 500 g/mol. The summed E-state index contributed by atoms with van der Waals surface area (Å²) in [6.07, 6.45) is -3.24. The Balaban J connectivity index is 2.18. The molecule has 0 amide bonds. The number of rotatable bonds is 7. The van der Waals surface area contributed by atoms with Crippen molar-refractivity contribution >= 4 is 15.8 Å². The van der Waals surface area contributed by atoms with Gasteiger partial charge in [0.05, 0.1) is 11.4 Å². The van der Waals surface area contributed by atoms with Crippen molar-refractivity contribution in [1.29, 1.82) is 0 Å². The molecule has 0 spiro atoms. The molecule has 8 nitrogen and oxygen atoms in total. The van der Waals surface area contributed by atoms with Gasteiger partial charge in [0, 0.05) is 30.4 Å². The molecule has 34 heavy (non-hydrogen) atoms. The first-order chi connectivity index (χ1) is 15.8. The smallest absolute Gasteiger partial charge is 0.420 e. The lowest BCUT2D eigenvalue weighted by molar-refractivity contribution is -0.138. The average Bonchev–Trinajstić information content (AvgIpc) is 2.71. The van der Waals surface area contributed by atoms with Gasteiger partial charge in [-0.05, 0) is 31.5 Å². The van der Waals surface area contributed by atoms with Gasteiger partial charge in [-0.25, -0.2) is 12.8 Å². The molecule has 2 heterocycles. The van der Waals surface area contributed by atoms with Crippen molar-refractivity contribution in [1.82, 2.24) is 14.5 Å². The number of benzene rings is 1. The molecule has 0 unspecified atom stereocenters. The van der Waals surface area contributed by atoms with Crippen LogP contribution in [0.2, 0.25) is 0 Å². The Labute approximate surface area is 192 Å². The third-order valence-electron chi connectivity index (χ3n) is 4.56. The van der Waals surface area contributed by atoms with Crippen LogP contribution >= 0.6 is 0 Å². The summed E-state index contributed by atoms with van der Waals surface area (Å²) in [5, 5.41) is 0. The summed E-state index contributed by atoms with van der Waals surface area (Å²) in [7, 11) is -2.36. The summed E-state index contributed by atoms with van der Waals surface area (Å²) < 4.78 is 87.5. The zero-order chi connectivity index (χ0) is 25.3. The van der Waals surface area contributed by atoms with E-state index in [1.54, 1.807) is 13.8 Å². The Morgan fingerprint density at radius 2 is 1.88 bits per heavy atom. The molecular weight excluding hydrogens is 480 g/mol. The van der Waals surface area contributed by atoms with Crippen molar-refractivity contribution < 1.29 is 30.7 Å². The quantitative estimate of drug-likeness (QED) is 0.487. The molecule has 0 bridgehead atoms. The lowest BCUT2D eigenvalue weighted by Gasteiger charge is -2.15. The van der Waals surface area contributed by atoms with Crippen LogP contribution in [0.3, 0.4) is 0 Å². The van der Waals surface area contributed by atoms with Crippen LogP contribution in [0.25, 0.3) is 11.3 Å². The largest absolute Gasteiger partial charge is 0.420 e. The molecule has 0 fully saturated rings. The summed E-state index contributed by atoms with van der Waals surface area (Å²) in [6.45, 7) is 3.19. The number of halogens is 4. The van der Waals surface area contributed by atoms with Crippen LogP contribution in [-0.4, -0.2) is 28.7 Å². The van der Waals surface area contributed by atoms with Gasteiger partial charge in [0.2, 0.25) is 10.0 Å². The summed E-state index contributed by atoms with van der Waals surface area (Å²) in [4.78, 5) is 19.9. The number of para-hydroxylation sites is 1. The van der Waals surface area contributed by atoms with Crippen LogP contribution in [-0.2, 0) is 23.2 Å². The van der Waals surface area contributed by atoms with Gasteiger partial charge in [-0.2, -0.15) is 23.1 Å². The zero-order valence-electron chi connectivity index (χ0n) is 18.3. The van der Waals surface area contributed by atoms with Crippen molar-refractivity contribution in [3.63, 3.8) is 0 Å². The Bertz CT molecular complexity index is 1360. The number of pyridine rings is 1. The molecule has 1 N–H and O–H groups in total. The van der Waals surface area contributed by atoms with E-state index in [0.29, 0.717) is 23.6 Å². The SMILES string of the molecule is CCCS(=O)(=O)Nc1cc(-c2cc(C)c(=O)n(C)c2)nc(Oc2c(F)cccc2C(F)(F)F)n1. The predicted molar refractivity (Wildman–Crippen MR) is 117 cm³/mol. The molecule has 2 aromatic heterocycles. The number of hydrogen-bond donors (Lipinski definition) is 1. The third-order valence-corrected chi connectivity index (χ3v) is 6.03. The van der Waals surface area contributed by atoms with E-state index >= 15 is 0 Å². The zero-order valence-corrected chi connectivity index (χ0v) is 19.1. The molecule has 0 saturated carbocycles. The van der Waals surface area contributed by atoms with Crippen molar-refractivity contribution in [2.75, 3.05) is 10.5 Å². The fraction of sp³-hybridized carbons (Fsp3) is 0.286. The number of aryl methyl sites for hydroxylation is 2. The Morgan fingerprint density at radius 1 is 1.18 bits per heavy atom. The molecular formula is C21H20F4N4O4S. The Hall–Kier alpha value is -3.48. The predicted octanol–water partition coefficient (Wildman–Crippen LogP) is 4.25. The maximum Gasteiger partial charge on any atom is 0.420 e. The number of aromatic nitrogens is 3. The highest BCUT2D eigenvalue weighted by atomic mass is 32.2. The summed E-state index contributed by atoms with van der Waals surface area (Å²) in [5.41, 5.74) is -0.996. The third kappa shape index (κ3) is 5.71. The van der Waals surface area contributed by atoms with Gasteiger partial charge < -0.3 is 9.30 Å². The highest BCUT2D eigenvalue weighted by Gasteiger charge is 2.36. The van der Waals surface area contributed by atoms with Gasteiger partial charge in [0.25, 0.3) is 5.56 Å². The van der Waals surface area contributed by atoms with E-state index < -0.39 is 39.3 Å². The normalized spacial score (nSPS) is 12.0. The number of sulfonamides is 1. The van der Waals surface area contributed by atoms with Gasteiger partial charge >= 0.3 is 12.2 Å². The van der Waals surface area contributed by atoms with Crippen molar-refractivity contribution in [3.05, 3.63) is 63.8 Å². The Morgan fingerprint density at radius 3 is 2.50 bits per heavy atom. The molecule has 3 rings (SSSR count). The van der Waals surface area contributed by atoms with E-state index in [9.17, 15) is 30.8 Å². The maximum atomic E-state index is 14.3. The Kier molecular flexibility index (Phi) is 6.96. The minimum absolute atomic E-state index is 0.0304. The first-order valence-electron chi connectivity index (χ1n) is 9.91. The first-order valence-corrected chi connectivity index (χ1v) is 11.6. The molecule has 0 atom stereocenters. The molecule has 1 aromatic carbocycles. The van der Waals surface area contributed by atoms with Gasteiger partial charge in [0.15, 0.2) is 11.6 Å². The minimum Gasteiger partial charge on any atom is -0.420 e. The topological polar surface area (TPSA) is 103 Å². The van der Waals surface area contributed by atoms with E-state index in [0.717, 1.165) is 12.1 Å². The second-order valence-electron chi connectivity index (χ2n) is 7.39. The molecule has 0 aliphatic heterocycles. The van der Waals surface area contributed by atoms with Crippen LogP contribution in [0.5, 0.6) is 11.8 Å².